The maximum absolute atomic E-state index is 5.54. The highest BCUT2D eigenvalue weighted by molar-refractivity contribution is 7.80. The highest BCUT2D eigenvalue weighted by Gasteiger charge is 2.13. The molecule has 0 aliphatic carbocycles. The summed E-state index contributed by atoms with van der Waals surface area (Å²) in [6, 6.07) is 28.6. The summed E-state index contributed by atoms with van der Waals surface area (Å²) in [4.78, 5) is 0. The molecule has 0 spiro atoms. The van der Waals surface area contributed by atoms with Crippen molar-refractivity contribution in [2.75, 3.05) is 12.4 Å². The first-order chi connectivity index (χ1) is 12.7. The molecule has 0 unspecified atom stereocenters. The summed E-state index contributed by atoms with van der Waals surface area (Å²) in [6.45, 7) is 0. The number of anilines is 1. The molecule has 3 aromatic carbocycles. The van der Waals surface area contributed by atoms with E-state index < -0.39 is 0 Å². The molecule has 3 aromatic rings. The zero-order chi connectivity index (χ0) is 18.2. The van der Waals surface area contributed by atoms with Crippen molar-refractivity contribution in [3.8, 4) is 5.75 Å². The molecule has 3 rings (SSSR count). The Bertz CT molecular complexity index is 837. The molecule has 0 fully saturated rings. The zero-order valence-corrected chi connectivity index (χ0v) is 15.5. The fourth-order valence-corrected chi connectivity index (χ4v) is 3.07. The van der Waals surface area contributed by atoms with Gasteiger partial charge in [-0.1, -0.05) is 66.7 Å². The van der Waals surface area contributed by atoms with Crippen LogP contribution < -0.4 is 15.4 Å². The van der Waals surface area contributed by atoms with Crippen LogP contribution in [0, 0.1) is 0 Å². The van der Waals surface area contributed by atoms with E-state index >= 15 is 0 Å². The lowest BCUT2D eigenvalue weighted by molar-refractivity contribution is 0.415. The summed E-state index contributed by atoms with van der Waals surface area (Å²) >= 11 is 5.54. The monoisotopic (exact) mass is 362 g/mol. The van der Waals surface area contributed by atoms with Gasteiger partial charge in [-0.05, 0) is 41.9 Å². The molecule has 0 bridgehead atoms. The number of benzene rings is 3. The van der Waals surface area contributed by atoms with E-state index in [-0.39, 0.29) is 6.04 Å². The van der Waals surface area contributed by atoms with Crippen LogP contribution in [0.1, 0.15) is 17.2 Å². The van der Waals surface area contributed by atoms with Gasteiger partial charge >= 0.3 is 0 Å². The van der Waals surface area contributed by atoms with Crippen LogP contribution in [0.25, 0.3) is 0 Å². The summed E-state index contributed by atoms with van der Waals surface area (Å²) < 4.78 is 5.26. The number of methoxy groups -OCH3 is 1. The third kappa shape index (κ3) is 5.07. The van der Waals surface area contributed by atoms with Gasteiger partial charge < -0.3 is 15.4 Å². The first-order valence-electron chi connectivity index (χ1n) is 8.55. The second kappa shape index (κ2) is 9.02. The predicted molar refractivity (Wildman–Crippen MR) is 112 cm³/mol. The van der Waals surface area contributed by atoms with Crippen LogP contribution in [-0.2, 0) is 6.42 Å². The molecule has 0 saturated carbocycles. The van der Waals surface area contributed by atoms with E-state index in [1.807, 2.05) is 48.5 Å². The quantitative estimate of drug-likeness (QED) is 0.607. The van der Waals surface area contributed by atoms with Crippen molar-refractivity contribution in [3.63, 3.8) is 0 Å². The normalized spacial score (nSPS) is 11.4. The fourth-order valence-electron chi connectivity index (χ4n) is 2.81. The molecule has 0 saturated heterocycles. The molecule has 0 radical (unpaired) electrons. The summed E-state index contributed by atoms with van der Waals surface area (Å²) in [5, 5.41) is 7.28. The van der Waals surface area contributed by atoms with Crippen molar-refractivity contribution < 1.29 is 4.74 Å². The average Bonchev–Trinajstić information content (AvgIpc) is 2.69. The number of hydrogen-bond acceptors (Lipinski definition) is 2. The van der Waals surface area contributed by atoms with E-state index in [2.05, 4.69) is 47.0 Å². The summed E-state index contributed by atoms with van der Waals surface area (Å²) in [6.07, 6.45) is 0.852. The van der Waals surface area contributed by atoms with Crippen LogP contribution in [0.5, 0.6) is 5.75 Å². The Morgan fingerprint density at radius 1 is 0.923 bits per heavy atom. The Hall–Kier alpha value is -2.85. The SMILES string of the molecule is COc1cccc(NC(=S)N[C@@H](Cc2ccccc2)c2ccccc2)c1. The molecular formula is C22H22N2OS. The van der Waals surface area contributed by atoms with Crippen molar-refractivity contribution in [3.05, 3.63) is 96.1 Å². The van der Waals surface area contributed by atoms with Crippen LogP contribution in [-0.4, -0.2) is 12.2 Å². The van der Waals surface area contributed by atoms with Gasteiger partial charge in [0.2, 0.25) is 0 Å². The van der Waals surface area contributed by atoms with Gasteiger partial charge in [0, 0.05) is 11.8 Å². The molecule has 0 heterocycles. The Morgan fingerprint density at radius 3 is 2.31 bits per heavy atom. The molecule has 2 N–H and O–H groups in total. The number of rotatable bonds is 6. The first-order valence-corrected chi connectivity index (χ1v) is 8.96. The molecule has 26 heavy (non-hydrogen) atoms. The number of hydrogen-bond donors (Lipinski definition) is 2. The van der Waals surface area contributed by atoms with E-state index in [1.54, 1.807) is 7.11 Å². The largest absolute Gasteiger partial charge is 0.497 e. The molecule has 4 heteroatoms. The molecule has 0 aliphatic rings. The maximum Gasteiger partial charge on any atom is 0.171 e. The Kier molecular flexibility index (Phi) is 6.23. The second-order valence-corrected chi connectivity index (χ2v) is 6.39. The van der Waals surface area contributed by atoms with E-state index in [0.717, 1.165) is 17.9 Å². The standard InChI is InChI=1S/C22H22N2OS/c1-25-20-14-8-13-19(16-20)23-22(26)24-21(18-11-6-3-7-12-18)15-17-9-4-2-5-10-17/h2-14,16,21H,15H2,1H3,(H2,23,24,26)/t21-/m0/s1. The molecule has 0 aliphatic heterocycles. The van der Waals surface area contributed by atoms with Gasteiger partial charge in [0.1, 0.15) is 5.75 Å². The molecule has 0 amide bonds. The lowest BCUT2D eigenvalue weighted by atomic mass is 9.99. The minimum Gasteiger partial charge on any atom is -0.497 e. The van der Waals surface area contributed by atoms with Crippen LogP contribution in [0.3, 0.4) is 0 Å². The number of nitrogens with one attached hydrogen (secondary N) is 2. The van der Waals surface area contributed by atoms with Crippen LogP contribution in [0.4, 0.5) is 5.69 Å². The van der Waals surface area contributed by atoms with E-state index in [9.17, 15) is 0 Å². The topological polar surface area (TPSA) is 33.3 Å². The minimum atomic E-state index is 0.0872. The highest BCUT2D eigenvalue weighted by atomic mass is 32.1. The van der Waals surface area contributed by atoms with Gasteiger partial charge in [-0.2, -0.15) is 0 Å². The average molecular weight is 362 g/mol. The predicted octanol–water partition coefficient (Wildman–Crippen LogP) is 4.97. The maximum atomic E-state index is 5.54. The lowest BCUT2D eigenvalue weighted by Gasteiger charge is -2.22. The van der Waals surface area contributed by atoms with E-state index in [0.29, 0.717) is 5.11 Å². The third-order valence-corrected chi connectivity index (χ3v) is 4.34. The summed E-state index contributed by atoms with van der Waals surface area (Å²) in [7, 11) is 1.65. The molecule has 1 atom stereocenters. The Morgan fingerprint density at radius 2 is 1.62 bits per heavy atom. The zero-order valence-electron chi connectivity index (χ0n) is 14.7. The van der Waals surface area contributed by atoms with Crippen molar-refractivity contribution in [2.24, 2.45) is 0 Å². The lowest BCUT2D eigenvalue weighted by Crippen LogP contribution is -2.33. The van der Waals surface area contributed by atoms with Gasteiger partial charge in [0.25, 0.3) is 0 Å². The van der Waals surface area contributed by atoms with Crippen LogP contribution in [0.2, 0.25) is 0 Å². The first kappa shape index (κ1) is 18.0. The Labute approximate surface area is 160 Å². The molecule has 3 nitrogen and oxygen atoms in total. The minimum absolute atomic E-state index is 0.0872. The van der Waals surface area contributed by atoms with Gasteiger partial charge in [-0.15, -0.1) is 0 Å². The highest BCUT2D eigenvalue weighted by Crippen LogP contribution is 2.20. The fraction of sp³-hybridized carbons (Fsp3) is 0.136. The number of ether oxygens (including phenoxy) is 1. The van der Waals surface area contributed by atoms with Gasteiger partial charge in [-0.25, -0.2) is 0 Å². The van der Waals surface area contributed by atoms with Crippen molar-refractivity contribution in [2.45, 2.75) is 12.5 Å². The third-order valence-electron chi connectivity index (χ3n) is 4.12. The van der Waals surface area contributed by atoms with Crippen molar-refractivity contribution in [1.82, 2.24) is 5.32 Å². The number of thiocarbonyl (C=S) groups is 1. The van der Waals surface area contributed by atoms with Gasteiger partial charge in [0.05, 0.1) is 13.2 Å². The summed E-state index contributed by atoms with van der Waals surface area (Å²) in [5.74, 6) is 0.793. The van der Waals surface area contributed by atoms with E-state index in [4.69, 9.17) is 17.0 Å². The summed E-state index contributed by atoms with van der Waals surface area (Å²) in [5.41, 5.74) is 3.36. The van der Waals surface area contributed by atoms with Crippen LogP contribution in [0.15, 0.2) is 84.9 Å². The second-order valence-electron chi connectivity index (χ2n) is 5.98. The van der Waals surface area contributed by atoms with Gasteiger partial charge in [-0.3, -0.25) is 0 Å². The smallest absolute Gasteiger partial charge is 0.171 e. The molecule has 132 valence electrons. The molecule has 0 aromatic heterocycles. The van der Waals surface area contributed by atoms with Crippen molar-refractivity contribution in [1.29, 1.82) is 0 Å². The van der Waals surface area contributed by atoms with Crippen LogP contribution >= 0.6 is 12.2 Å². The Balaban J connectivity index is 1.73. The van der Waals surface area contributed by atoms with Gasteiger partial charge in [0.15, 0.2) is 5.11 Å². The van der Waals surface area contributed by atoms with E-state index in [1.165, 1.54) is 11.1 Å². The van der Waals surface area contributed by atoms with Crippen molar-refractivity contribution >= 4 is 23.0 Å². The molecular weight excluding hydrogens is 340 g/mol.